The summed E-state index contributed by atoms with van der Waals surface area (Å²) in [5, 5.41) is 8.64. The fourth-order valence-corrected chi connectivity index (χ4v) is 3.18. The molecule has 2 aromatic rings. The molecule has 1 heterocycles. The third kappa shape index (κ3) is 2.52. The Bertz CT molecular complexity index is 479. The second kappa shape index (κ2) is 4.82. The van der Waals surface area contributed by atoms with Gasteiger partial charge in [-0.1, -0.05) is 23.9 Å². The number of para-hydroxylation sites is 1. The highest BCUT2D eigenvalue weighted by Crippen LogP contribution is 2.29. The van der Waals surface area contributed by atoms with Gasteiger partial charge in [-0.3, -0.25) is 4.79 Å². The van der Waals surface area contributed by atoms with Gasteiger partial charge in [-0.15, -0.1) is 11.3 Å². The lowest BCUT2D eigenvalue weighted by Gasteiger charge is -2.02. The fraction of sp³-hybridized carbons (Fsp3) is 0.200. The summed E-state index contributed by atoms with van der Waals surface area (Å²) in [6.07, 6.45) is 0. The number of carbonyl (C=O) groups is 1. The van der Waals surface area contributed by atoms with Crippen molar-refractivity contribution in [2.75, 3.05) is 5.75 Å². The van der Waals surface area contributed by atoms with Gasteiger partial charge < -0.3 is 10.8 Å². The summed E-state index contributed by atoms with van der Waals surface area (Å²) in [4.78, 5) is 14.9. The Morgan fingerprint density at radius 1 is 1.56 bits per heavy atom. The second-order valence-electron chi connectivity index (χ2n) is 3.20. The lowest BCUT2D eigenvalue weighted by atomic mass is 10.3. The predicted molar refractivity (Wildman–Crippen MR) is 66.0 cm³/mol. The van der Waals surface area contributed by atoms with Crippen LogP contribution in [0.15, 0.2) is 28.6 Å². The molecular formula is C10H10N2O2S2. The smallest absolute Gasteiger partial charge is 0.321 e. The highest BCUT2D eigenvalue weighted by Gasteiger charge is 2.13. The van der Waals surface area contributed by atoms with Crippen LogP contribution in [0.1, 0.15) is 0 Å². The standard InChI is InChI=1S/C10H10N2O2S2/c11-6(9(13)14)5-15-10-12-7-3-1-2-4-8(7)16-10/h1-4,6H,5,11H2,(H,13,14)/t6-/m1/s1. The van der Waals surface area contributed by atoms with Crippen LogP contribution in [0.5, 0.6) is 0 Å². The molecule has 0 unspecified atom stereocenters. The molecule has 6 heteroatoms. The first-order chi connectivity index (χ1) is 7.66. The Morgan fingerprint density at radius 2 is 2.31 bits per heavy atom. The summed E-state index contributed by atoms with van der Waals surface area (Å²) in [6, 6.07) is 6.98. The number of rotatable bonds is 4. The Kier molecular flexibility index (Phi) is 3.42. The molecular weight excluding hydrogens is 244 g/mol. The van der Waals surface area contributed by atoms with Gasteiger partial charge >= 0.3 is 5.97 Å². The maximum Gasteiger partial charge on any atom is 0.321 e. The summed E-state index contributed by atoms with van der Waals surface area (Å²) in [6.45, 7) is 0. The molecule has 0 saturated heterocycles. The number of nitrogens with two attached hydrogens (primary N) is 1. The van der Waals surface area contributed by atoms with E-state index in [4.69, 9.17) is 10.8 Å². The Balaban J connectivity index is 2.07. The quantitative estimate of drug-likeness (QED) is 0.814. The zero-order valence-electron chi connectivity index (χ0n) is 8.29. The fourth-order valence-electron chi connectivity index (χ4n) is 1.15. The van der Waals surface area contributed by atoms with Gasteiger partial charge in [0.05, 0.1) is 10.2 Å². The van der Waals surface area contributed by atoms with Crippen molar-refractivity contribution in [3.63, 3.8) is 0 Å². The molecule has 4 nitrogen and oxygen atoms in total. The summed E-state index contributed by atoms with van der Waals surface area (Å²) in [7, 11) is 0. The molecule has 3 N–H and O–H groups in total. The molecule has 0 aliphatic carbocycles. The summed E-state index contributed by atoms with van der Waals surface area (Å²) < 4.78 is 1.96. The van der Waals surface area contributed by atoms with Crippen LogP contribution in [0, 0.1) is 0 Å². The normalized spacial score (nSPS) is 12.8. The van der Waals surface area contributed by atoms with Gasteiger partial charge in [0.2, 0.25) is 0 Å². The molecule has 16 heavy (non-hydrogen) atoms. The van der Waals surface area contributed by atoms with Crippen molar-refractivity contribution in [3.8, 4) is 0 Å². The molecule has 0 radical (unpaired) electrons. The SMILES string of the molecule is N[C@H](CSc1nc2ccccc2s1)C(=O)O. The van der Waals surface area contributed by atoms with Crippen molar-refractivity contribution in [2.24, 2.45) is 5.73 Å². The van der Waals surface area contributed by atoms with Crippen molar-refractivity contribution in [1.82, 2.24) is 4.98 Å². The molecule has 0 aliphatic heterocycles. The largest absolute Gasteiger partial charge is 0.480 e. The predicted octanol–water partition coefficient (Wildman–Crippen LogP) is 1.80. The summed E-state index contributed by atoms with van der Waals surface area (Å²) in [5.74, 6) is -0.636. The number of nitrogens with zero attached hydrogens (tertiary/aromatic N) is 1. The van der Waals surface area contributed by atoms with Crippen LogP contribution < -0.4 is 5.73 Å². The Labute approximate surface area is 100 Å². The molecule has 1 aromatic carbocycles. The number of benzene rings is 1. The Hall–Kier alpha value is -1.11. The van der Waals surface area contributed by atoms with Gasteiger partial charge in [0.1, 0.15) is 6.04 Å². The van der Waals surface area contributed by atoms with Crippen LogP contribution in [0.25, 0.3) is 10.2 Å². The van der Waals surface area contributed by atoms with Crippen LogP contribution in [0.2, 0.25) is 0 Å². The minimum absolute atomic E-state index is 0.342. The monoisotopic (exact) mass is 254 g/mol. The first-order valence-corrected chi connectivity index (χ1v) is 6.44. The van der Waals surface area contributed by atoms with E-state index in [0.29, 0.717) is 5.75 Å². The number of aliphatic carboxylic acids is 1. The number of carboxylic acid groups (broad SMARTS) is 1. The average Bonchev–Trinajstić information content (AvgIpc) is 2.68. The van der Waals surface area contributed by atoms with E-state index in [9.17, 15) is 4.79 Å². The molecule has 0 fully saturated rings. The van der Waals surface area contributed by atoms with Gasteiger partial charge in [0.25, 0.3) is 0 Å². The third-order valence-corrected chi connectivity index (χ3v) is 4.28. The molecule has 0 bridgehead atoms. The number of thioether (sulfide) groups is 1. The van der Waals surface area contributed by atoms with Gasteiger partial charge in [-0.25, -0.2) is 4.98 Å². The van der Waals surface area contributed by atoms with E-state index in [1.165, 1.54) is 11.8 Å². The molecule has 84 valence electrons. The highest BCUT2D eigenvalue weighted by atomic mass is 32.2. The van der Waals surface area contributed by atoms with E-state index in [-0.39, 0.29) is 0 Å². The molecule has 0 aliphatic rings. The van der Waals surface area contributed by atoms with Crippen LogP contribution in [-0.4, -0.2) is 27.9 Å². The summed E-state index contributed by atoms with van der Waals surface area (Å²) >= 11 is 2.94. The molecule has 0 saturated carbocycles. The topological polar surface area (TPSA) is 76.2 Å². The van der Waals surface area contributed by atoms with Crippen molar-refractivity contribution < 1.29 is 9.90 Å². The highest BCUT2D eigenvalue weighted by molar-refractivity contribution is 8.01. The summed E-state index contributed by atoms with van der Waals surface area (Å²) in [5.41, 5.74) is 6.36. The van der Waals surface area contributed by atoms with Crippen molar-refractivity contribution >= 4 is 39.3 Å². The van der Waals surface area contributed by atoms with Gasteiger partial charge in [-0.2, -0.15) is 0 Å². The van der Waals surface area contributed by atoms with Gasteiger partial charge in [0, 0.05) is 5.75 Å². The average molecular weight is 254 g/mol. The first-order valence-electron chi connectivity index (χ1n) is 4.63. The van der Waals surface area contributed by atoms with E-state index in [0.717, 1.165) is 14.6 Å². The Morgan fingerprint density at radius 3 is 3.00 bits per heavy atom. The third-order valence-electron chi connectivity index (χ3n) is 1.98. The first kappa shape index (κ1) is 11.4. The molecule has 2 rings (SSSR count). The second-order valence-corrected chi connectivity index (χ2v) is 5.50. The molecule has 1 aromatic heterocycles. The number of hydrogen-bond donors (Lipinski definition) is 2. The van der Waals surface area contributed by atoms with Crippen molar-refractivity contribution in [2.45, 2.75) is 10.4 Å². The van der Waals surface area contributed by atoms with Gasteiger partial charge in [0.15, 0.2) is 4.34 Å². The zero-order chi connectivity index (χ0) is 11.5. The zero-order valence-corrected chi connectivity index (χ0v) is 9.92. The maximum atomic E-state index is 10.5. The van der Waals surface area contributed by atoms with Crippen molar-refractivity contribution in [1.29, 1.82) is 0 Å². The maximum absolute atomic E-state index is 10.5. The molecule has 0 spiro atoms. The van der Waals surface area contributed by atoms with Gasteiger partial charge in [-0.05, 0) is 12.1 Å². The van der Waals surface area contributed by atoms with Crippen LogP contribution >= 0.6 is 23.1 Å². The van der Waals surface area contributed by atoms with E-state index in [2.05, 4.69) is 4.98 Å². The van der Waals surface area contributed by atoms with E-state index >= 15 is 0 Å². The number of fused-ring (bicyclic) bond motifs is 1. The lowest BCUT2D eigenvalue weighted by molar-refractivity contribution is -0.137. The molecule has 0 amide bonds. The number of aromatic nitrogens is 1. The minimum Gasteiger partial charge on any atom is -0.480 e. The van der Waals surface area contributed by atoms with Crippen molar-refractivity contribution in [3.05, 3.63) is 24.3 Å². The molecule has 1 atom stereocenters. The van der Waals surface area contributed by atoms with Crippen LogP contribution in [0.4, 0.5) is 0 Å². The van der Waals surface area contributed by atoms with Crippen LogP contribution in [0.3, 0.4) is 0 Å². The lowest BCUT2D eigenvalue weighted by Crippen LogP contribution is -2.32. The van der Waals surface area contributed by atoms with E-state index in [1.54, 1.807) is 11.3 Å². The number of thiazole rings is 1. The number of hydrogen-bond acceptors (Lipinski definition) is 5. The van der Waals surface area contributed by atoms with Crippen LogP contribution in [-0.2, 0) is 4.79 Å². The minimum atomic E-state index is -0.978. The number of carboxylic acids is 1. The van der Waals surface area contributed by atoms with E-state index < -0.39 is 12.0 Å². The van der Waals surface area contributed by atoms with E-state index in [1.807, 2.05) is 24.3 Å².